The van der Waals surface area contributed by atoms with Crippen LogP contribution in [0.2, 0.25) is 0 Å². The molecule has 2 N–H and O–H groups in total. The van der Waals surface area contributed by atoms with Crippen LogP contribution in [0.15, 0.2) is 29.1 Å². The molecule has 4 rings (SSSR count). The van der Waals surface area contributed by atoms with Gasteiger partial charge in [0, 0.05) is 18.4 Å². The van der Waals surface area contributed by atoms with Gasteiger partial charge in [0.2, 0.25) is 17.1 Å². The minimum absolute atomic E-state index is 0.133. The molecule has 8 heteroatoms. The fraction of sp³-hybridized carbons (Fsp3) is 0.440. The normalized spacial score (nSPS) is 19.1. The molecule has 1 heterocycles. The summed E-state index contributed by atoms with van der Waals surface area (Å²) in [7, 11) is 4.69. The molecule has 2 aromatic rings. The molecule has 1 fully saturated rings. The molecule has 2 aromatic carbocycles. The number of hydrogen-bond acceptors (Lipinski definition) is 7. The van der Waals surface area contributed by atoms with E-state index in [-0.39, 0.29) is 29.6 Å². The van der Waals surface area contributed by atoms with E-state index in [1.54, 1.807) is 33.5 Å². The van der Waals surface area contributed by atoms with Gasteiger partial charge in [-0.3, -0.25) is 9.59 Å². The molecule has 1 aliphatic heterocycles. The lowest BCUT2D eigenvalue weighted by molar-refractivity contribution is -0.118. The summed E-state index contributed by atoms with van der Waals surface area (Å²) in [6, 6.07) is 7.03. The number of primary amides is 1. The van der Waals surface area contributed by atoms with E-state index in [4.69, 9.17) is 29.4 Å². The summed E-state index contributed by atoms with van der Waals surface area (Å²) in [4.78, 5) is 25.0. The Kier molecular flexibility index (Phi) is 6.74. The summed E-state index contributed by atoms with van der Waals surface area (Å²) < 4.78 is 28.3. The molecule has 0 spiro atoms. The van der Waals surface area contributed by atoms with Crippen molar-refractivity contribution in [1.29, 1.82) is 0 Å². The Morgan fingerprint density at radius 2 is 1.85 bits per heavy atom. The number of amides is 1. The number of ether oxygens (including phenoxy) is 5. The lowest BCUT2D eigenvalue weighted by Gasteiger charge is -2.19. The number of carbonyl (C=O) groups is 1. The van der Waals surface area contributed by atoms with E-state index in [0.29, 0.717) is 43.3 Å². The van der Waals surface area contributed by atoms with Crippen LogP contribution in [0.1, 0.15) is 36.3 Å². The van der Waals surface area contributed by atoms with E-state index in [0.717, 1.165) is 28.7 Å². The molecular formula is C25H29NO7. The number of rotatable bonds is 7. The summed E-state index contributed by atoms with van der Waals surface area (Å²) in [5.41, 5.74) is 8.62. The summed E-state index contributed by atoms with van der Waals surface area (Å²) in [6.07, 6.45) is 1.99. The van der Waals surface area contributed by atoms with Crippen LogP contribution >= 0.6 is 0 Å². The van der Waals surface area contributed by atoms with Crippen LogP contribution < -0.4 is 30.1 Å². The van der Waals surface area contributed by atoms with E-state index in [9.17, 15) is 9.59 Å². The van der Waals surface area contributed by atoms with E-state index in [1.165, 1.54) is 0 Å². The lowest BCUT2D eigenvalue weighted by Crippen LogP contribution is -2.19. The van der Waals surface area contributed by atoms with Gasteiger partial charge < -0.3 is 29.4 Å². The van der Waals surface area contributed by atoms with Crippen LogP contribution in [0.25, 0.3) is 11.1 Å². The first-order valence-electron chi connectivity index (χ1n) is 11.0. The third-order valence-electron chi connectivity index (χ3n) is 6.25. The molecule has 33 heavy (non-hydrogen) atoms. The molecule has 176 valence electrons. The van der Waals surface area contributed by atoms with Crippen molar-refractivity contribution in [2.45, 2.75) is 37.7 Å². The van der Waals surface area contributed by atoms with Gasteiger partial charge in [0.05, 0.1) is 34.5 Å². The molecule has 1 aliphatic carbocycles. The molecule has 1 saturated heterocycles. The second-order valence-corrected chi connectivity index (χ2v) is 8.26. The van der Waals surface area contributed by atoms with Gasteiger partial charge in [-0.25, -0.2) is 0 Å². The quantitative estimate of drug-likeness (QED) is 0.684. The van der Waals surface area contributed by atoms with Crippen LogP contribution in [0.4, 0.5) is 0 Å². The highest BCUT2D eigenvalue weighted by atomic mass is 16.5. The van der Waals surface area contributed by atoms with Crippen molar-refractivity contribution in [3.05, 3.63) is 45.6 Å². The summed E-state index contributed by atoms with van der Waals surface area (Å²) >= 11 is 0. The Bertz CT molecular complexity index is 1110. The zero-order chi connectivity index (χ0) is 23.5. The molecule has 0 unspecified atom stereocenters. The Morgan fingerprint density at radius 1 is 1.06 bits per heavy atom. The van der Waals surface area contributed by atoms with Gasteiger partial charge in [-0.2, -0.15) is 0 Å². The number of fused-ring (bicyclic) bond motifs is 3. The zero-order valence-electron chi connectivity index (χ0n) is 19.1. The minimum atomic E-state index is -0.419. The van der Waals surface area contributed by atoms with Gasteiger partial charge >= 0.3 is 0 Å². The Hall–Kier alpha value is -3.26. The van der Waals surface area contributed by atoms with E-state index in [2.05, 4.69) is 0 Å². The van der Waals surface area contributed by atoms with E-state index in [1.807, 2.05) is 12.1 Å². The monoisotopic (exact) mass is 455 g/mol. The minimum Gasteiger partial charge on any atom is -0.493 e. The molecule has 2 aliphatic rings. The van der Waals surface area contributed by atoms with Gasteiger partial charge in [0.15, 0.2) is 17.2 Å². The first-order chi connectivity index (χ1) is 16.0. The van der Waals surface area contributed by atoms with Gasteiger partial charge in [-0.15, -0.1) is 0 Å². The highest BCUT2D eigenvalue weighted by Gasteiger charge is 2.30. The maximum Gasteiger partial charge on any atom is 0.220 e. The average Bonchev–Trinajstić information content (AvgIpc) is 3.21. The largest absolute Gasteiger partial charge is 0.493 e. The van der Waals surface area contributed by atoms with Gasteiger partial charge in [0.1, 0.15) is 6.10 Å². The van der Waals surface area contributed by atoms with Crippen molar-refractivity contribution in [3.63, 3.8) is 0 Å². The van der Waals surface area contributed by atoms with Crippen LogP contribution in [0.5, 0.6) is 23.0 Å². The predicted octanol–water partition coefficient (Wildman–Crippen LogP) is 2.81. The third-order valence-corrected chi connectivity index (χ3v) is 6.25. The Labute approximate surface area is 192 Å². The molecule has 0 aromatic heterocycles. The molecule has 0 radical (unpaired) electrons. The molecule has 8 nitrogen and oxygen atoms in total. The van der Waals surface area contributed by atoms with Crippen molar-refractivity contribution >= 4 is 5.91 Å². The summed E-state index contributed by atoms with van der Waals surface area (Å²) in [6.45, 7) is 1.07. The number of carbonyl (C=O) groups excluding carboxylic acids is 1. The average molecular weight is 456 g/mol. The summed E-state index contributed by atoms with van der Waals surface area (Å²) in [5, 5.41) is 0. The number of nitrogens with two attached hydrogens (primary N) is 1. The fourth-order valence-corrected chi connectivity index (χ4v) is 4.72. The van der Waals surface area contributed by atoms with Crippen LogP contribution in [-0.4, -0.2) is 46.6 Å². The summed E-state index contributed by atoms with van der Waals surface area (Å²) in [5.74, 6) is 1.13. The van der Waals surface area contributed by atoms with Crippen LogP contribution in [0.3, 0.4) is 0 Å². The van der Waals surface area contributed by atoms with Crippen molar-refractivity contribution in [1.82, 2.24) is 0 Å². The molecule has 0 bridgehead atoms. The lowest BCUT2D eigenvalue weighted by atomic mass is 9.90. The third kappa shape index (κ3) is 4.48. The number of hydrogen-bond donors (Lipinski definition) is 1. The topological polar surface area (TPSA) is 106 Å². The fourth-order valence-electron chi connectivity index (χ4n) is 4.72. The number of aryl methyl sites for hydroxylation is 1. The van der Waals surface area contributed by atoms with Crippen LogP contribution in [0, 0.1) is 0 Å². The second-order valence-electron chi connectivity index (χ2n) is 8.26. The highest BCUT2D eigenvalue weighted by Crippen LogP contribution is 2.50. The van der Waals surface area contributed by atoms with E-state index >= 15 is 0 Å². The SMILES string of the molecule is COc1cc2c(c(OC)c1OC)-c1ccc(O[C@@H]3CCOC3)c(=O)cc1[C@H](CC(N)=O)CC2. The Balaban J connectivity index is 1.96. The van der Waals surface area contributed by atoms with Crippen LogP contribution in [-0.2, 0) is 16.0 Å². The van der Waals surface area contributed by atoms with Crippen molar-refractivity contribution < 1.29 is 28.5 Å². The number of methoxy groups -OCH3 is 3. The first kappa shape index (κ1) is 22.9. The maximum atomic E-state index is 13.2. The van der Waals surface area contributed by atoms with Crippen molar-refractivity contribution in [2.24, 2.45) is 5.73 Å². The molecule has 1 amide bonds. The predicted molar refractivity (Wildman–Crippen MR) is 123 cm³/mol. The van der Waals surface area contributed by atoms with Crippen molar-refractivity contribution in [2.75, 3.05) is 34.5 Å². The Morgan fingerprint density at radius 3 is 2.48 bits per heavy atom. The van der Waals surface area contributed by atoms with Crippen molar-refractivity contribution in [3.8, 4) is 34.1 Å². The standard InChI is InChI=1S/C25H29NO7/c1-29-21-10-15-5-4-14(11-22(26)28)18-12-19(27)20(33-16-8-9-32-13-16)7-6-17(18)23(15)25(31-3)24(21)30-2/h6-7,10,12,14,16H,4-5,8-9,11,13H2,1-3H3,(H2,26,28)/t14-,16+/m0/s1. The maximum absolute atomic E-state index is 13.2. The molecular weight excluding hydrogens is 426 g/mol. The first-order valence-corrected chi connectivity index (χ1v) is 11.0. The van der Waals surface area contributed by atoms with Gasteiger partial charge in [-0.1, -0.05) is 6.07 Å². The van der Waals surface area contributed by atoms with E-state index < -0.39 is 5.91 Å². The highest BCUT2D eigenvalue weighted by molar-refractivity contribution is 5.83. The van der Waals surface area contributed by atoms with Gasteiger partial charge in [-0.05, 0) is 53.6 Å². The molecule has 2 atom stereocenters. The van der Waals surface area contributed by atoms with Gasteiger partial charge in [0.25, 0.3) is 0 Å². The zero-order valence-corrected chi connectivity index (χ0v) is 19.1. The molecule has 0 saturated carbocycles. The smallest absolute Gasteiger partial charge is 0.220 e. The number of benzene rings is 1. The second kappa shape index (κ2) is 9.70.